The molecule has 1 aliphatic heterocycles. The van der Waals surface area contributed by atoms with Gasteiger partial charge in [-0.15, -0.1) is 0 Å². The summed E-state index contributed by atoms with van der Waals surface area (Å²) in [6.45, 7) is 0. The highest BCUT2D eigenvalue weighted by Gasteiger charge is 2.58. The van der Waals surface area contributed by atoms with Crippen LogP contribution in [0, 0.1) is 11.8 Å². The molecule has 208 valence electrons. The zero-order valence-electron chi connectivity index (χ0n) is 23.4. The van der Waals surface area contributed by atoms with Gasteiger partial charge in [0.1, 0.15) is 11.5 Å². The highest BCUT2D eigenvalue weighted by atomic mass is 16.5. The summed E-state index contributed by atoms with van der Waals surface area (Å²) >= 11 is 0. The predicted octanol–water partition coefficient (Wildman–Crippen LogP) is 6.58. The molecule has 4 aromatic rings. The minimum atomic E-state index is -0.476. The van der Waals surface area contributed by atoms with Crippen LogP contribution in [0.5, 0.6) is 11.5 Å². The Balaban J connectivity index is 1.28. The Bertz CT molecular complexity index is 1570. The fourth-order valence-corrected chi connectivity index (χ4v) is 7.59. The molecule has 3 aromatic carbocycles. The average Bonchev–Trinajstić information content (AvgIpc) is 3.55. The molecule has 2 aliphatic carbocycles. The van der Waals surface area contributed by atoms with Crippen molar-refractivity contribution in [2.75, 3.05) is 19.1 Å². The van der Waals surface area contributed by atoms with Crippen molar-refractivity contribution < 1.29 is 19.1 Å². The van der Waals surface area contributed by atoms with E-state index in [-0.39, 0.29) is 29.6 Å². The number of rotatable bonds is 6. The zero-order chi connectivity index (χ0) is 28.1. The third-order valence-corrected chi connectivity index (χ3v) is 9.51. The van der Waals surface area contributed by atoms with E-state index in [1.54, 1.807) is 26.4 Å². The number of hydrogen-bond acceptors (Lipinski definition) is 4. The molecule has 1 aromatic heterocycles. The Morgan fingerprint density at radius 2 is 1.51 bits per heavy atom. The van der Waals surface area contributed by atoms with Gasteiger partial charge in [-0.05, 0) is 90.3 Å². The molecule has 2 amide bonds. The molecule has 5 atom stereocenters. The minimum Gasteiger partial charge on any atom is -0.497 e. The summed E-state index contributed by atoms with van der Waals surface area (Å²) in [6.07, 6.45) is 3.69. The second-order valence-corrected chi connectivity index (χ2v) is 11.6. The molecule has 2 fully saturated rings. The molecule has 2 heterocycles. The van der Waals surface area contributed by atoms with E-state index >= 15 is 0 Å². The molecule has 1 saturated heterocycles. The Hall–Kier alpha value is -4.32. The fourth-order valence-electron chi connectivity index (χ4n) is 7.59. The summed E-state index contributed by atoms with van der Waals surface area (Å²) < 4.78 is 10.6. The van der Waals surface area contributed by atoms with Gasteiger partial charge in [0, 0.05) is 23.7 Å². The van der Waals surface area contributed by atoms with Crippen molar-refractivity contribution in [1.29, 1.82) is 0 Å². The lowest BCUT2D eigenvalue weighted by Gasteiger charge is -2.43. The van der Waals surface area contributed by atoms with Crippen LogP contribution in [-0.4, -0.2) is 31.0 Å². The first kappa shape index (κ1) is 25.6. The van der Waals surface area contributed by atoms with E-state index in [4.69, 9.17) is 9.47 Å². The van der Waals surface area contributed by atoms with Crippen molar-refractivity contribution in [2.24, 2.45) is 11.8 Å². The largest absolute Gasteiger partial charge is 0.497 e. The third kappa shape index (κ3) is 4.33. The van der Waals surface area contributed by atoms with Gasteiger partial charge in [-0.2, -0.15) is 0 Å². The number of hydrogen-bond donors (Lipinski definition) is 1. The van der Waals surface area contributed by atoms with Gasteiger partial charge >= 0.3 is 0 Å². The topological polar surface area (TPSA) is 71.6 Å². The molecule has 41 heavy (non-hydrogen) atoms. The fraction of sp³-hybridized carbons (Fsp3) is 0.314. The van der Waals surface area contributed by atoms with Crippen LogP contribution in [0.15, 0.2) is 84.9 Å². The van der Waals surface area contributed by atoms with Gasteiger partial charge in [0.05, 0.1) is 31.7 Å². The SMILES string of the molecule is COc1ccc(Cc2cc3c([nH]2)[C@H]2CCC(c4ccccc4)C[C@@H]2[C@@H]2C(=O)N(c4ccc(OC)cc4)C(=O)[C@H]32)cc1. The van der Waals surface area contributed by atoms with Crippen LogP contribution in [0.3, 0.4) is 0 Å². The van der Waals surface area contributed by atoms with Gasteiger partial charge in [-0.1, -0.05) is 42.5 Å². The lowest BCUT2D eigenvalue weighted by Crippen LogP contribution is -2.39. The number of fused-ring (bicyclic) bond motifs is 6. The van der Waals surface area contributed by atoms with Crippen LogP contribution >= 0.6 is 0 Å². The maximum absolute atomic E-state index is 14.2. The Morgan fingerprint density at radius 1 is 0.829 bits per heavy atom. The molecule has 1 saturated carbocycles. The predicted molar refractivity (Wildman–Crippen MR) is 158 cm³/mol. The van der Waals surface area contributed by atoms with Crippen LogP contribution in [0.2, 0.25) is 0 Å². The van der Waals surface area contributed by atoms with Crippen LogP contribution < -0.4 is 14.4 Å². The molecule has 1 N–H and O–H groups in total. The van der Waals surface area contributed by atoms with Crippen molar-refractivity contribution in [3.63, 3.8) is 0 Å². The van der Waals surface area contributed by atoms with Crippen LogP contribution in [0.25, 0.3) is 0 Å². The van der Waals surface area contributed by atoms with Gasteiger partial charge < -0.3 is 14.5 Å². The molecule has 6 nitrogen and oxygen atoms in total. The Kier molecular flexibility index (Phi) is 6.41. The van der Waals surface area contributed by atoms with E-state index in [1.807, 2.05) is 30.3 Å². The number of carbonyl (C=O) groups excluding carboxylic acids is 2. The summed E-state index contributed by atoms with van der Waals surface area (Å²) in [5.41, 5.74) is 6.34. The number of H-pyrrole nitrogens is 1. The van der Waals surface area contributed by atoms with Crippen molar-refractivity contribution >= 4 is 17.5 Å². The lowest BCUT2D eigenvalue weighted by atomic mass is 9.59. The normalized spacial score (nSPS) is 24.9. The second-order valence-electron chi connectivity index (χ2n) is 11.6. The van der Waals surface area contributed by atoms with Gasteiger partial charge in [0.2, 0.25) is 11.8 Å². The first-order valence-corrected chi connectivity index (χ1v) is 14.5. The lowest BCUT2D eigenvalue weighted by molar-refractivity contribution is -0.123. The number of carbonyl (C=O) groups is 2. The van der Waals surface area contributed by atoms with Gasteiger partial charge in [0.25, 0.3) is 0 Å². The number of ether oxygens (including phenoxy) is 2. The average molecular weight is 547 g/mol. The van der Waals surface area contributed by atoms with Crippen LogP contribution in [-0.2, 0) is 16.0 Å². The number of imide groups is 1. The molecule has 7 rings (SSSR count). The number of aromatic amines is 1. The second kappa shape index (κ2) is 10.3. The molecule has 0 radical (unpaired) electrons. The first-order chi connectivity index (χ1) is 20.1. The maximum atomic E-state index is 14.2. The standard InChI is InChI=1S/C35H34N2O4/c1-40-26-13-8-21(9-14-26)18-24-20-30-32-31(34(38)37(35(32)39)25-11-15-27(41-2)16-12-25)29-19-23(22-6-4-3-5-7-22)10-17-28(29)33(30)36-24/h3-9,11-16,20,23,28-29,31-32,36H,10,17-19H2,1-2H3/t23?,28-,29-,31-,32+/m0/s1. The minimum absolute atomic E-state index is 0.0718. The van der Waals surface area contributed by atoms with Crippen molar-refractivity contribution in [1.82, 2.24) is 4.98 Å². The zero-order valence-corrected chi connectivity index (χ0v) is 23.4. The van der Waals surface area contributed by atoms with E-state index in [0.717, 1.165) is 48.4 Å². The Morgan fingerprint density at radius 3 is 2.20 bits per heavy atom. The van der Waals surface area contributed by atoms with Crippen molar-refractivity contribution in [3.8, 4) is 11.5 Å². The number of anilines is 1. The van der Waals surface area contributed by atoms with Gasteiger partial charge in [-0.3, -0.25) is 9.59 Å². The number of methoxy groups -OCH3 is 2. The number of nitrogens with zero attached hydrogens (tertiary/aromatic N) is 1. The van der Waals surface area contributed by atoms with Crippen molar-refractivity contribution in [3.05, 3.63) is 113 Å². The van der Waals surface area contributed by atoms with E-state index < -0.39 is 5.92 Å². The summed E-state index contributed by atoms with van der Waals surface area (Å²) in [7, 11) is 3.28. The molecule has 0 bridgehead atoms. The molecular weight excluding hydrogens is 512 g/mol. The highest BCUT2D eigenvalue weighted by molar-refractivity contribution is 6.24. The van der Waals surface area contributed by atoms with Gasteiger partial charge in [0.15, 0.2) is 0 Å². The number of aromatic nitrogens is 1. The monoisotopic (exact) mass is 546 g/mol. The third-order valence-electron chi connectivity index (χ3n) is 9.51. The molecular formula is C35H34N2O4. The number of benzene rings is 3. The summed E-state index contributed by atoms with van der Waals surface area (Å²) in [4.78, 5) is 33.6. The van der Waals surface area contributed by atoms with Crippen LogP contribution in [0.4, 0.5) is 5.69 Å². The quantitative estimate of drug-likeness (QED) is 0.278. The Labute approximate surface area is 240 Å². The molecule has 3 aliphatic rings. The van der Waals surface area contributed by atoms with E-state index in [2.05, 4.69) is 47.4 Å². The number of amides is 2. The van der Waals surface area contributed by atoms with Crippen LogP contribution in [0.1, 0.15) is 65.1 Å². The van der Waals surface area contributed by atoms with Gasteiger partial charge in [-0.25, -0.2) is 4.90 Å². The first-order valence-electron chi connectivity index (χ1n) is 14.5. The summed E-state index contributed by atoms with van der Waals surface area (Å²) in [5.74, 6) is 1.19. The molecule has 1 unspecified atom stereocenters. The van der Waals surface area contributed by atoms with E-state index in [0.29, 0.717) is 17.4 Å². The maximum Gasteiger partial charge on any atom is 0.242 e. The van der Waals surface area contributed by atoms with Crippen molar-refractivity contribution in [2.45, 2.75) is 43.4 Å². The molecule has 0 spiro atoms. The number of nitrogens with one attached hydrogen (secondary N) is 1. The highest BCUT2D eigenvalue weighted by Crippen LogP contribution is 2.58. The smallest absolute Gasteiger partial charge is 0.242 e. The molecule has 6 heteroatoms. The van der Waals surface area contributed by atoms with E-state index in [1.165, 1.54) is 16.0 Å². The summed E-state index contributed by atoms with van der Waals surface area (Å²) in [5, 5.41) is 0. The van der Waals surface area contributed by atoms with E-state index in [9.17, 15) is 9.59 Å². The summed E-state index contributed by atoms with van der Waals surface area (Å²) in [6, 6.07) is 28.1.